The minimum atomic E-state index is -0.319. The van der Waals surface area contributed by atoms with E-state index >= 15 is 0 Å². The molecule has 0 aliphatic rings. The van der Waals surface area contributed by atoms with E-state index in [2.05, 4.69) is 34.5 Å². The third-order valence-electron chi connectivity index (χ3n) is 4.40. The van der Waals surface area contributed by atoms with E-state index < -0.39 is 0 Å². The molecule has 1 N–H and O–H groups in total. The molecular formula is C21H22FN3O2. The van der Waals surface area contributed by atoms with Crippen molar-refractivity contribution in [3.05, 3.63) is 71.9 Å². The largest absolute Gasteiger partial charge is 0.356 e. The van der Waals surface area contributed by atoms with Crippen molar-refractivity contribution in [2.24, 2.45) is 0 Å². The predicted octanol–water partition coefficient (Wildman–Crippen LogP) is 4.12. The first kappa shape index (κ1) is 18.8. The van der Waals surface area contributed by atoms with Crippen molar-refractivity contribution in [3.63, 3.8) is 0 Å². The fraction of sp³-hybridized carbons (Fsp3) is 0.286. The summed E-state index contributed by atoms with van der Waals surface area (Å²) in [7, 11) is 0. The van der Waals surface area contributed by atoms with E-state index in [1.807, 2.05) is 18.2 Å². The van der Waals surface area contributed by atoms with Crippen LogP contribution in [0, 0.1) is 5.82 Å². The van der Waals surface area contributed by atoms with Crippen LogP contribution in [0.3, 0.4) is 0 Å². The fourth-order valence-corrected chi connectivity index (χ4v) is 2.76. The summed E-state index contributed by atoms with van der Waals surface area (Å²) < 4.78 is 18.1. The molecular weight excluding hydrogens is 345 g/mol. The molecule has 27 heavy (non-hydrogen) atoms. The number of nitrogens with zero attached hydrogens (tertiary/aromatic N) is 2. The molecule has 0 saturated carbocycles. The number of amides is 1. The molecule has 1 heterocycles. The summed E-state index contributed by atoms with van der Waals surface area (Å²) >= 11 is 0. The van der Waals surface area contributed by atoms with Gasteiger partial charge in [0.15, 0.2) is 0 Å². The van der Waals surface area contributed by atoms with Crippen LogP contribution in [-0.4, -0.2) is 22.6 Å². The minimum absolute atomic E-state index is 0.0446. The van der Waals surface area contributed by atoms with Crippen molar-refractivity contribution >= 4 is 5.91 Å². The van der Waals surface area contributed by atoms with Gasteiger partial charge in [-0.1, -0.05) is 42.4 Å². The highest BCUT2D eigenvalue weighted by molar-refractivity contribution is 5.76. The highest BCUT2D eigenvalue weighted by Gasteiger charge is 2.11. The van der Waals surface area contributed by atoms with Gasteiger partial charge in [-0.2, -0.15) is 4.98 Å². The smallest absolute Gasteiger partial charge is 0.227 e. The van der Waals surface area contributed by atoms with Crippen LogP contribution in [0.15, 0.2) is 59.1 Å². The van der Waals surface area contributed by atoms with Gasteiger partial charge in [-0.05, 0) is 42.2 Å². The van der Waals surface area contributed by atoms with Crippen LogP contribution < -0.4 is 5.32 Å². The van der Waals surface area contributed by atoms with Crippen molar-refractivity contribution in [1.82, 2.24) is 15.5 Å². The maximum Gasteiger partial charge on any atom is 0.227 e. The fourth-order valence-electron chi connectivity index (χ4n) is 2.76. The number of carbonyl (C=O) groups excluding carboxylic acids is 1. The van der Waals surface area contributed by atoms with Gasteiger partial charge in [0.05, 0.1) is 0 Å². The number of nitrogens with one attached hydrogen (secondary N) is 1. The molecule has 1 amide bonds. The molecule has 0 saturated heterocycles. The molecule has 3 aromatic rings. The number of hydrogen-bond acceptors (Lipinski definition) is 4. The zero-order chi connectivity index (χ0) is 19.1. The number of carbonyl (C=O) groups is 1. The first-order chi connectivity index (χ1) is 13.1. The van der Waals surface area contributed by atoms with Crippen LogP contribution in [0.2, 0.25) is 0 Å². The maximum atomic E-state index is 13.0. The van der Waals surface area contributed by atoms with Crippen LogP contribution in [0.5, 0.6) is 0 Å². The lowest BCUT2D eigenvalue weighted by molar-refractivity contribution is -0.121. The second-order valence-corrected chi connectivity index (χ2v) is 6.47. The van der Waals surface area contributed by atoms with Crippen LogP contribution >= 0.6 is 0 Å². The van der Waals surface area contributed by atoms with Gasteiger partial charge in [-0.15, -0.1) is 0 Å². The monoisotopic (exact) mass is 367 g/mol. The number of halogens is 1. The Morgan fingerprint density at radius 1 is 1.15 bits per heavy atom. The van der Waals surface area contributed by atoms with E-state index in [-0.39, 0.29) is 18.1 Å². The molecule has 140 valence electrons. The normalized spacial score (nSPS) is 11.9. The van der Waals surface area contributed by atoms with Crippen molar-refractivity contribution in [3.8, 4) is 11.4 Å². The van der Waals surface area contributed by atoms with E-state index in [0.29, 0.717) is 36.2 Å². The summed E-state index contributed by atoms with van der Waals surface area (Å²) in [6.45, 7) is 2.77. The Kier molecular flexibility index (Phi) is 6.30. The SMILES string of the molecule is CC(CCNC(=O)CCc1nc(-c2ccc(F)cc2)no1)c1ccccc1. The number of rotatable bonds is 8. The third kappa shape index (κ3) is 5.48. The van der Waals surface area contributed by atoms with Crippen molar-refractivity contribution in [2.45, 2.75) is 32.1 Å². The highest BCUT2D eigenvalue weighted by atomic mass is 19.1. The summed E-state index contributed by atoms with van der Waals surface area (Å²) in [5.41, 5.74) is 1.94. The third-order valence-corrected chi connectivity index (χ3v) is 4.40. The Morgan fingerprint density at radius 2 is 1.89 bits per heavy atom. The average Bonchev–Trinajstić information content (AvgIpc) is 3.16. The van der Waals surface area contributed by atoms with E-state index in [1.165, 1.54) is 17.7 Å². The van der Waals surface area contributed by atoms with E-state index in [0.717, 1.165) is 6.42 Å². The first-order valence-corrected chi connectivity index (χ1v) is 9.02. The van der Waals surface area contributed by atoms with Gasteiger partial charge in [-0.25, -0.2) is 4.39 Å². The summed E-state index contributed by atoms with van der Waals surface area (Å²) in [5, 5.41) is 6.80. The molecule has 0 bridgehead atoms. The van der Waals surface area contributed by atoms with Gasteiger partial charge in [-0.3, -0.25) is 4.79 Å². The number of aryl methyl sites for hydroxylation is 1. The van der Waals surface area contributed by atoms with Gasteiger partial charge in [0, 0.05) is 24.9 Å². The number of benzene rings is 2. The van der Waals surface area contributed by atoms with Gasteiger partial charge in [0.25, 0.3) is 0 Å². The van der Waals surface area contributed by atoms with Gasteiger partial charge >= 0.3 is 0 Å². The zero-order valence-electron chi connectivity index (χ0n) is 15.2. The van der Waals surface area contributed by atoms with Gasteiger partial charge in [0.1, 0.15) is 5.82 Å². The van der Waals surface area contributed by atoms with E-state index in [1.54, 1.807) is 12.1 Å². The lowest BCUT2D eigenvalue weighted by Crippen LogP contribution is -2.25. The van der Waals surface area contributed by atoms with Gasteiger partial charge in [0.2, 0.25) is 17.6 Å². The maximum absolute atomic E-state index is 13.0. The molecule has 5 nitrogen and oxygen atoms in total. The predicted molar refractivity (Wildman–Crippen MR) is 100 cm³/mol. The molecule has 0 fully saturated rings. The Morgan fingerprint density at radius 3 is 2.63 bits per heavy atom. The Hall–Kier alpha value is -3.02. The Labute approximate surface area is 157 Å². The molecule has 3 rings (SSSR count). The lowest BCUT2D eigenvalue weighted by Gasteiger charge is -2.12. The molecule has 2 aromatic carbocycles. The van der Waals surface area contributed by atoms with Crippen LogP contribution in [-0.2, 0) is 11.2 Å². The van der Waals surface area contributed by atoms with Gasteiger partial charge < -0.3 is 9.84 Å². The summed E-state index contributed by atoms with van der Waals surface area (Å²) in [4.78, 5) is 16.3. The zero-order valence-corrected chi connectivity index (χ0v) is 15.2. The topological polar surface area (TPSA) is 68.0 Å². The summed E-state index contributed by atoms with van der Waals surface area (Å²) in [6.07, 6.45) is 1.53. The second-order valence-electron chi connectivity index (χ2n) is 6.47. The molecule has 1 unspecified atom stereocenters. The van der Waals surface area contributed by atoms with Crippen molar-refractivity contribution < 1.29 is 13.7 Å². The minimum Gasteiger partial charge on any atom is -0.356 e. The van der Waals surface area contributed by atoms with E-state index in [9.17, 15) is 9.18 Å². The molecule has 0 aliphatic carbocycles. The molecule has 6 heteroatoms. The average molecular weight is 367 g/mol. The molecule has 0 aliphatic heterocycles. The van der Waals surface area contributed by atoms with Crippen LogP contribution in [0.1, 0.15) is 37.1 Å². The summed E-state index contributed by atoms with van der Waals surface area (Å²) in [6, 6.07) is 16.1. The quantitative estimate of drug-likeness (QED) is 0.650. The van der Waals surface area contributed by atoms with E-state index in [4.69, 9.17) is 4.52 Å². The number of hydrogen-bond donors (Lipinski definition) is 1. The van der Waals surface area contributed by atoms with Crippen molar-refractivity contribution in [2.75, 3.05) is 6.54 Å². The van der Waals surface area contributed by atoms with Crippen LogP contribution in [0.4, 0.5) is 4.39 Å². The number of aromatic nitrogens is 2. The Balaban J connectivity index is 1.41. The Bertz CT molecular complexity index is 863. The second kappa shape index (κ2) is 9.07. The van der Waals surface area contributed by atoms with Crippen LogP contribution in [0.25, 0.3) is 11.4 Å². The molecule has 1 atom stereocenters. The summed E-state index contributed by atoms with van der Waals surface area (Å²) in [5.74, 6) is 0.808. The van der Waals surface area contributed by atoms with Crippen molar-refractivity contribution in [1.29, 1.82) is 0 Å². The molecule has 0 radical (unpaired) electrons. The standard InChI is InChI=1S/C21H22FN3O2/c1-15(16-5-3-2-4-6-16)13-14-23-19(26)11-12-20-24-21(25-27-20)17-7-9-18(22)10-8-17/h2-10,15H,11-14H2,1H3,(H,23,26). The first-order valence-electron chi connectivity index (χ1n) is 9.02. The molecule has 1 aromatic heterocycles. The molecule has 0 spiro atoms. The highest BCUT2D eigenvalue weighted by Crippen LogP contribution is 2.18. The lowest BCUT2D eigenvalue weighted by atomic mass is 9.98.